The summed E-state index contributed by atoms with van der Waals surface area (Å²) in [6.45, 7) is 0. The van der Waals surface area contributed by atoms with E-state index in [4.69, 9.17) is 21.1 Å². The van der Waals surface area contributed by atoms with E-state index in [1.165, 1.54) is 14.2 Å². The van der Waals surface area contributed by atoms with Crippen LogP contribution in [0.3, 0.4) is 0 Å². The number of para-hydroxylation sites is 1. The number of nitrogens with zero attached hydrogens (tertiary/aromatic N) is 3. The van der Waals surface area contributed by atoms with Gasteiger partial charge in [-0.1, -0.05) is 23.4 Å². The summed E-state index contributed by atoms with van der Waals surface area (Å²) >= 11 is 0. The van der Waals surface area contributed by atoms with Crippen LogP contribution in [0.4, 0.5) is 5.69 Å². The van der Waals surface area contributed by atoms with Gasteiger partial charge in [-0.3, -0.25) is 0 Å². The fourth-order valence-corrected chi connectivity index (χ4v) is 1.08. The van der Waals surface area contributed by atoms with Crippen molar-refractivity contribution < 1.29 is 9.68 Å². The molecule has 0 saturated carbocycles. The molecule has 0 atom stereocenters. The molecule has 1 rings (SSSR count). The van der Waals surface area contributed by atoms with Crippen molar-refractivity contribution in [2.75, 3.05) is 14.2 Å². The largest absolute Gasteiger partial charge is 0.368 e. The minimum atomic E-state index is -0.0489. The van der Waals surface area contributed by atoms with Crippen molar-refractivity contribution in [3.05, 3.63) is 30.3 Å². The van der Waals surface area contributed by atoms with Crippen LogP contribution < -0.4 is 11.5 Å². The average molecular weight is 237 g/mol. The zero-order chi connectivity index (χ0) is 12.7. The first-order valence-electron chi connectivity index (χ1n) is 4.79. The van der Waals surface area contributed by atoms with Crippen LogP contribution in [0.15, 0.2) is 40.3 Å². The van der Waals surface area contributed by atoms with Crippen LogP contribution in [0, 0.1) is 0 Å². The van der Waals surface area contributed by atoms with Crippen LogP contribution in [0.1, 0.15) is 0 Å². The molecule has 7 heteroatoms. The molecular weight excluding hydrogens is 222 g/mol. The van der Waals surface area contributed by atoms with Crippen LogP contribution in [-0.2, 0) is 9.68 Å². The molecule has 0 spiro atoms. The number of guanidine groups is 2. The van der Waals surface area contributed by atoms with Crippen molar-refractivity contribution in [3.8, 4) is 0 Å². The lowest BCUT2D eigenvalue weighted by atomic mass is 10.3. The van der Waals surface area contributed by atoms with Crippen molar-refractivity contribution in [2.45, 2.75) is 0 Å². The fraction of sp³-hybridized carbons (Fsp3) is 0.200. The minimum Gasteiger partial charge on any atom is -0.368 e. The highest BCUT2D eigenvalue weighted by molar-refractivity contribution is 5.93. The zero-order valence-electron chi connectivity index (χ0n) is 9.70. The summed E-state index contributed by atoms with van der Waals surface area (Å²) < 4.78 is 0. The lowest BCUT2D eigenvalue weighted by Gasteiger charge is -2.15. The minimum absolute atomic E-state index is 0.00722. The van der Waals surface area contributed by atoms with E-state index in [0.717, 1.165) is 5.23 Å². The van der Waals surface area contributed by atoms with Gasteiger partial charge in [0.25, 0.3) is 5.96 Å². The van der Waals surface area contributed by atoms with Crippen LogP contribution in [0.25, 0.3) is 0 Å². The molecule has 0 aliphatic heterocycles. The van der Waals surface area contributed by atoms with Gasteiger partial charge < -0.3 is 11.5 Å². The lowest BCUT2D eigenvalue weighted by molar-refractivity contribution is -0.288. The molecule has 1 aromatic carbocycles. The van der Waals surface area contributed by atoms with Gasteiger partial charge in [0.05, 0.1) is 19.9 Å². The Bertz CT molecular complexity index is 400. The number of rotatable bonds is 3. The smallest absolute Gasteiger partial charge is 0.252 e. The van der Waals surface area contributed by atoms with E-state index in [-0.39, 0.29) is 11.9 Å². The second-order valence-corrected chi connectivity index (χ2v) is 2.90. The molecule has 7 nitrogen and oxygen atoms in total. The van der Waals surface area contributed by atoms with Crippen molar-refractivity contribution in [1.29, 1.82) is 0 Å². The van der Waals surface area contributed by atoms with E-state index >= 15 is 0 Å². The monoisotopic (exact) mass is 237 g/mol. The highest BCUT2D eigenvalue weighted by Crippen LogP contribution is 2.09. The number of hydroxylamine groups is 2. The van der Waals surface area contributed by atoms with E-state index < -0.39 is 0 Å². The summed E-state index contributed by atoms with van der Waals surface area (Å²) in [6, 6.07) is 9.15. The molecule has 0 saturated heterocycles. The standard InChI is InChI=1S/C10H15N5O2/c1-16-15(17-2)10(12)14-9(11)13-8-6-4-3-5-7-8/h3-7H,1-2H3,(H4,11,12,13,14). The van der Waals surface area contributed by atoms with Gasteiger partial charge >= 0.3 is 0 Å². The van der Waals surface area contributed by atoms with Crippen molar-refractivity contribution >= 4 is 17.6 Å². The second kappa shape index (κ2) is 6.46. The third-order valence-electron chi connectivity index (χ3n) is 1.75. The molecular formula is C10H15N5O2. The van der Waals surface area contributed by atoms with Crippen molar-refractivity contribution in [3.63, 3.8) is 0 Å². The molecule has 0 aliphatic rings. The maximum Gasteiger partial charge on any atom is 0.252 e. The summed E-state index contributed by atoms with van der Waals surface area (Å²) in [5, 5.41) is 0.910. The first kappa shape index (κ1) is 12.9. The SMILES string of the molecule is CON(OC)C(N)=NC(N)=Nc1ccccc1. The van der Waals surface area contributed by atoms with E-state index in [1.54, 1.807) is 12.1 Å². The molecule has 0 heterocycles. The van der Waals surface area contributed by atoms with E-state index in [2.05, 4.69) is 9.98 Å². The summed E-state index contributed by atoms with van der Waals surface area (Å²) in [5.74, 6) is -0.0417. The maximum absolute atomic E-state index is 5.60. The Labute approximate surface area is 99.3 Å². The van der Waals surface area contributed by atoms with Gasteiger partial charge in [0.1, 0.15) is 0 Å². The molecule has 0 radical (unpaired) electrons. The fourth-order valence-electron chi connectivity index (χ4n) is 1.08. The predicted octanol–water partition coefficient (Wildman–Crippen LogP) is 0.372. The molecule has 1 aromatic rings. The number of benzene rings is 1. The predicted molar refractivity (Wildman–Crippen MR) is 65.2 cm³/mol. The molecule has 17 heavy (non-hydrogen) atoms. The summed E-state index contributed by atoms with van der Waals surface area (Å²) in [7, 11) is 2.77. The van der Waals surface area contributed by atoms with E-state index in [1.807, 2.05) is 18.2 Å². The average Bonchev–Trinajstić information content (AvgIpc) is 2.31. The zero-order valence-corrected chi connectivity index (χ0v) is 9.70. The highest BCUT2D eigenvalue weighted by Gasteiger charge is 2.05. The number of nitrogens with two attached hydrogens (primary N) is 2. The second-order valence-electron chi connectivity index (χ2n) is 2.90. The van der Waals surface area contributed by atoms with Gasteiger partial charge in [0, 0.05) is 0 Å². The number of hydrogen-bond acceptors (Lipinski definition) is 3. The Hall–Kier alpha value is -2.12. The first-order chi connectivity index (χ1) is 8.17. The molecule has 4 N–H and O–H groups in total. The Balaban J connectivity index is 2.80. The van der Waals surface area contributed by atoms with Crippen molar-refractivity contribution in [1.82, 2.24) is 5.23 Å². The first-order valence-corrected chi connectivity index (χ1v) is 4.79. The third-order valence-corrected chi connectivity index (χ3v) is 1.75. The Kier molecular flexibility index (Phi) is 4.92. The Morgan fingerprint density at radius 2 is 1.71 bits per heavy atom. The molecule has 0 aliphatic carbocycles. The quantitative estimate of drug-likeness (QED) is 0.449. The van der Waals surface area contributed by atoms with Crippen LogP contribution >= 0.6 is 0 Å². The Morgan fingerprint density at radius 3 is 2.24 bits per heavy atom. The van der Waals surface area contributed by atoms with Crippen LogP contribution in [0.5, 0.6) is 0 Å². The van der Waals surface area contributed by atoms with Gasteiger partial charge in [-0.15, -0.1) is 0 Å². The molecule has 0 amide bonds. The molecule has 0 aromatic heterocycles. The maximum atomic E-state index is 5.60. The number of aliphatic imine (C=N–C) groups is 2. The molecule has 0 fully saturated rings. The third kappa shape index (κ3) is 4.09. The van der Waals surface area contributed by atoms with Gasteiger partial charge in [0.2, 0.25) is 5.96 Å². The summed E-state index contributed by atoms with van der Waals surface area (Å²) in [4.78, 5) is 17.4. The summed E-state index contributed by atoms with van der Waals surface area (Å²) in [6.07, 6.45) is 0. The Morgan fingerprint density at radius 1 is 1.12 bits per heavy atom. The van der Waals surface area contributed by atoms with E-state index in [0.29, 0.717) is 5.69 Å². The summed E-state index contributed by atoms with van der Waals surface area (Å²) in [5.41, 5.74) is 11.8. The van der Waals surface area contributed by atoms with Crippen LogP contribution in [-0.4, -0.2) is 31.4 Å². The van der Waals surface area contributed by atoms with Gasteiger partial charge in [0.15, 0.2) is 0 Å². The van der Waals surface area contributed by atoms with Gasteiger partial charge in [-0.05, 0) is 12.1 Å². The normalized spacial score (nSPS) is 12.6. The van der Waals surface area contributed by atoms with E-state index in [9.17, 15) is 0 Å². The van der Waals surface area contributed by atoms with Crippen molar-refractivity contribution in [2.24, 2.45) is 21.5 Å². The lowest BCUT2D eigenvalue weighted by Crippen LogP contribution is -2.37. The topological polar surface area (TPSA) is 98.5 Å². The number of hydrogen-bond donors (Lipinski definition) is 2. The molecule has 0 bridgehead atoms. The molecule has 92 valence electrons. The van der Waals surface area contributed by atoms with Gasteiger partial charge in [-0.25, -0.2) is 14.7 Å². The van der Waals surface area contributed by atoms with Gasteiger partial charge in [-0.2, -0.15) is 4.99 Å². The van der Waals surface area contributed by atoms with Crippen LogP contribution in [0.2, 0.25) is 0 Å². The highest BCUT2D eigenvalue weighted by atomic mass is 16.9. The molecule has 0 unspecified atom stereocenters.